The molecule has 2 aromatic rings. The number of carbonyl (C=O) groups is 2. The maximum Gasteiger partial charge on any atom is 0.307 e. The molecule has 0 spiro atoms. The summed E-state index contributed by atoms with van der Waals surface area (Å²) in [5, 5.41) is 20.6. The molecule has 136 valence electrons. The Morgan fingerprint density at radius 1 is 1.15 bits per heavy atom. The molecule has 1 aromatic carbocycles. The first-order valence-corrected chi connectivity index (χ1v) is 8.96. The van der Waals surface area contributed by atoms with Crippen LogP contribution >= 0.6 is 0 Å². The van der Waals surface area contributed by atoms with Crippen LogP contribution in [0.15, 0.2) is 24.3 Å². The van der Waals surface area contributed by atoms with Crippen molar-refractivity contribution in [3.63, 3.8) is 0 Å². The van der Waals surface area contributed by atoms with Gasteiger partial charge >= 0.3 is 5.97 Å². The fourth-order valence-corrected chi connectivity index (χ4v) is 4.03. The van der Waals surface area contributed by atoms with Gasteiger partial charge in [-0.3, -0.25) is 9.59 Å². The summed E-state index contributed by atoms with van der Waals surface area (Å²) >= 11 is 0. The van der Waals surface area contributed by atoms with Gasteiger partial charge in [0.15, 0.2) is 5.82 Å². The van der Waals surface area contributed by atoms with Crippen LogP contribution in [0.5, 0.6) is 0 Å². The molecule has 1 amide bonds. The monoisotopic (exact) mass is 354 g/mol. The highest BCUT2D eigenvalue weighted by Gasteiger charge is 2.65. The number of benzene rings is 1. The Labute approximate surface area is 151 Å². The zero-order chi connectivity index (χ0) is 18.5. The second-order valence-corrected chi connectivity index (χ2v) is 7.73. The van der Waals surface area contributed by atoms with Crippen molar-refractivity contribution in [2.24, 2.45) is 17.3 Å². The maximum atomic E-state index is 12.4. The molecule has 1 aliphatic carbocycles. The smallest absolute Gasteiger partial charge is 0.307 e. The Hall–Kier alpha value is -2.70. The first kappa shape index (κ1) is 16.8. The largest absolute Gasteiger partial charge is 0.481 e. The highest BCUT2D eigenvalue weighted by molar-refractivity contribution is 5.99. The Balaban J connectivity index is 1.48. The van der Waals surface area contributed by atoms with Crippen molar-refractivity contribution in [2.75, 3.05) is 5.32 Å². The van der Waals surface area contributed by atoms with Crippen molar-refractivity contribution in [3.8, 4) is 11.4 Å². The summed E-state index contributed by atoms with van der Waals surface area (Å²) in [6, 6.07) is 7.47. The molecule has 0 saturated heterocycles. The van der Waals surface area contributed by atoms with E-state index in [1.54, 1.807) is 0 Å². The summed E-state index contributed by atoms with van der Waals surface area (Å²) in [6.07, 6.45) is 3.25. The number of carboxylic acids is 1. The lowest BCUT2D eigenvalue weighted by Crippen LogP contribution is -2.17. The summed E-state index contributed by atoms with van der Waals surface area (Å²) in [7, 11) is 0. The molecule has 4 rings (SSSR count). The van der Waals surface area contributed by atoms with Crippen molar-refractivity contribution < 1.29 is 14.7 Å². The zero-order valence-corrected chi connectivity index (χ0v) is 14.9. The van der Waals surface area contributed by atoms with Crippen molar-refractivity contribution in [1.82, 2.24) is 14.8 Å². The van der Waals surface area contributed by atoms with Crippen LogP contribution in [-0.2, 0) is 22.6 Å². The third-order valence-corrected chi connectivity index (χ3v) is 5.65. The van der Waals surface area contributed by atoms with Gasteiger partial charge in [0.1, 0.15) is 5.82 Å². The topological polar surface area (TPSA) is 97.1 Å². The molecular weight excluding hydrogens is 332 g/mol. The second-order valence-electron chi connectivity index (χ2n) is 7.73. The molecule has 1 aromatic heterocycles. The first-order chi connectivity index (χ1) is 12.4. The SMILES string of the molecule is CC1(C)[C@H](C(=O)O)[C@@H]1C(=O)Nc1ccc(-c2nnc3n2CCCC3)cc1. The van der Waals surface area contributed by atoms with Gasteiger partial charge in [-0.05, 0) is 42.5 Å². The van der Waals surface area contributed by atoms with E-state index in [1.807, 2.05) is 38.1 Å². The van der Waals surface area contributed by atoms with Crippen LogP contribution in [-0.4, -0.2) is 31.7 Å². The number of nitrogens with one attached hydrogen (secondary N) is 1. The van der Waals surface area contributed by atoms with Gasteiger partial charge in [-0.1, -0.05) is 13.8 Å². The summed E-state index contributed by atoms with van der Waals surface area (Å²) in [5.41, 5.74) is 1.11. The molecule has 1 aliphatic heterocycles. The fraction of sp³-hybridized carbons (Fsp3) is 0.474. The van der Waals surface area contributed by atoms with Crippen molar-refractivity contribution in [1.29, 1.82) is 0 Å². The predicted octanol–water partition coefficient (Wildman–Crippen LogP) is 2.58. The minimum absolute atomic E-state index is 0.241. The molecule has 0 unspecified atom stereocenters. The Morgan fingerprint density at radius 2 is 1.88 bits per heavy atom. The van der Waals surface area contributed by atoms with E-state index < -0.39 is 23.2 Å². The van der Waals surface area contributed by atoms with Gasteiger partial charge < -0.3 is 15.0 Å². The molecule has 7 nitrogen and oxygen atoms in total. The molecule has 0 radical (unpaired) electrons. The van der Waals surface area contributed by atoms with Crippen molar-refractivity contribution in [2.45, 2.75) is 39.7 Å². The average molecular weight is 354 g/mol. The lowest BCUT2D eigenvalue weighted by atomic mass is 10.1. The molecular formula is C19H22N4O3. The normalized spacial score (nSPS) is 23.2. The fourth-order valence-electron chi connectivity index (χ4n) is 4.03. The molecule has 0 bridgehead atoms. The van der Waals surface area contributed by atoms with E-state index in [9.17, 15) is 14.7 Å². The molecule has 2 aliphatic rings. The minimum atomic E-state index is -0.915. The first-order valence-electron chi connectivity index (χ1n) is 8.96. The van der Waals surface area contributed by atoms with Gasteiger partial charge in [0.25, 0.3) is 0 Å². The summed E-state index contributed by atoms with van der Waals surface area (Å²) in [4.78, 5) is 23.7. The summed E-state index contributed by atoms with van der Waals surface area (Å²) in [6.45, 7) is 4.56. The number of carbonyl (C=O) groups excluding carboxylic acids is 1. The van der Waals surface area contributed by atoms with Crippen LogP contribution in [0.3, 0.4) is 0 Å². The van der Waals surface area contributed by atoms with Gasteiger partial charge in [-0.25, -0.2) is 0 Å². The standard InChI is InChI=1S/C19H22N4O3/c1-19(2)14(15(19)18(25)26)17(24)20-12-8-6-11(7-9-12)16-22-21-13-5-3-4-10-23(13)16/h6-9,14-15H,3-5,10H2,1-2H3,(H,20,24)(H,25,26)/t14-,15+/m1/s1. The Bertz CT molecular complexity index is 869. The number of amides is 1. The van der Waals surface area contributed by atoms with Crippen LogP contribution in [0, 0.1) is 17.3 Å². The summed E-state index contributed by atoms with van der Waals surface area (Å²) in [5.74, 6) is -0.393. The minimum Gasteiger partial charge on any atom is -0.481 e. The molecule has 7 heteroatoms. The Kier molecular flexibility index (Phi) is 3.82. The highest BCUT2D eigenvalue weighted by Crippen LogP contribution is 2.58. The maximum absolute atomic E-state index is 12.4. The molecule has 2 heterocycles. The number of rotatable bonds is 4. The van der Waals surface area contributed by atoms with Gasteiger partial charge in [0.2, 0.25) is 5.91 Å². The van der Waals surface area contributed by atoms with Gasteiger partial charge in [0, 0.05) is 24.2 Å². The van der Waals surface area contributed by atoms with Crippen LogP contribution in [0.4, 0.5) is 5.69 Å². The van der Waals surface area contributed by atoms with E-state index >= 15 is 0 Å². The zero-order valence-electron chi connectivity index (χ0n) is 14.9. The van der Waals surface area contributed by atoms with E-state index in [0.29, 0.717) is 5.69 Å². The number of fused-ring (bicyclic) bond motifs is 1. The van der Waals surface area contributed by atoms with Gasteiger partial charge in [-0.15, -0.1) is 10.2 Å². The van der Waals surface area contributed by atoms with Gasteiger partial charge in [-0.2, -0.15) is 0 Å². The quantitative estimate of drug-likeness (QED) is 0.879. The molecule has 2 atom stereocenters. The summed E-state index contributed by atoms with van der Waals surface area (Å²) < 4.78 is 2.15. The van der Waals surface area contributed by atoms with E-state index in [1.165, 1.54) is 0 Å². The van der Waals surface area contributed by atoms with Crippen LogP contribution in [0.2, 0.25) is 0 Å². The number of hydrogen-bond donors (Lipinski definition) is 2. The number of aromatic nitrogens is 3. The van der Waals surface area contributed by atoms with Crippen molar-refractivity contribution >= 4 is 17.6 Å². The number of anilines is 1. The van der Waals surface area contributed by atoms with Crippen LogP contribution in [0.1, 0.15) is 32.5 Å². The number of carboxylic acid groups (broad SMARTS) is 1. The predicted molar refractivity (Wildman–Crippen MR) is 95.4 cm³/mol. The third kappa shape index (κ3) is 2.67. The second kappa shape index (κ2) is 5.93. The lowest BCUT2D eigenvalue weighted by Gasteiger charge is -2.14. The number of aryl methyl sites for hydroxylation is 1. The van der Waals surface area contributed by atoms with Gasteiger partial charge in [0.05, 0.1) is 11.8 Å². The van der Waals surface area contributed by atoms with E-state index in [4.69, 9.17) is 0 Å². The highest BCUT2D eigenvalue weighted by atomic mass is 16.4. The molecule has 1 fully saturated rings. The Morgan fingerprint density at radius 3 is 2.54 bits per heavy atom. The molecule has 26 heavy (non-hydrogen) atoms. The number of hydrogen-bond acceptors (Lipinski definition) is 4. The number of nitrogens with zero attached hydrogens (tertiary/aromatic N) is 3. The average Bonchev–Trinajstić information content (AvgIpc) is 2.98. The number of aliphatic carboxylic acids is 1. The molecule has 1 saturated carbocycles. The van der Waals surface area contributed by atoms with E-state index in [0.717, 1.165) is 43.0 Å². The van der Waals surface area contributed by atoms with Crippen LogP contribution in [0.25, 0.3) is 11.4 Å². The third-order valence-electron chi connectivity index (χ3n) is 5.65. The van der Waals surface area contributed by atoms with E-state index in [2.05, 4.69) is 20.1 Å². The molecule has 2 N–H and O–H groups in total. The van der Waals surface area contributed by atoms with E-state index in [-0.39, 0.29) is 5.91 Å². The van der Waals surface area contributed by atoms with Crippen molar-refractivity contribution in [3.05, 3.63) is 30.1 Å². The van der Waals surface area contributed by atoms with Crippen LogP contribution < -0.4 is 5.32 Å². The lowest BCUT2D eigenvalue weighted by molar-refractivity contribution is -0.140.